The lowest BCUT2D eigenvalue weighted by atomic mass is 9.82. The SMILES string of the molecule is CCOC1C(C(=O)OC)=C(C(=O)OC)C(=NC2CCCCC2)C1(C#N)C#N. The molecule has 2 rings (SSSR count). The summed E-state index contributed by atoms with van der Waals surface area (Å²) in [6.07, 6.45) is 3.35. The second-order valence-corrected chi connectivity index (χ2v) is 6.41. The number of aliphatic imine (C=N–C) groups is 1. The molecule has 0 heterocycles. The normalized spacial score (nSPS) is 23.6. The van der Waals surface area contributed by atoms with Gasteiger partial charge in [-0.15, -0.1) is 0 Å². The Balaban J connectivity index is 2.76. The van der Waals surface area contributed by atoms with E-state index in [4.69, 9.17) is 14.2 Å². The Kier molecular flexibility index (Phi) is 6.70. The van der Waals surface area contributed by atoms with Gasteiger partial charge in [0.05, 0.1) is 49.3 Å². The van der Waals surface area contributed by atoms with E-state index in [0.29, 0.717) is 0 Å². The second kappa shape index (κ2) is 8.79. The van der Waals surface area contributed by atoms with Crippen LogP contribution in [0.3, 0.4) is 0 Å². The Hall–Kier alpha value is -2.71. The number of ether oxygens (including phenoxy) is 3. The smallest absolute Gasteiger partial charge is 0.340 e. The first-order valence-corrected chi connectivity index (χ1v) is 8.94. The fraction of sp³-hybridized carbons (Fsp3) is 0.632. The summed E-state index contributed by atoms with van der Waals surface area (Å²) in [5, 5.41) is 19.8. The molecular formula is C19H23N3O5. The number of rotatable bonds is 5. The Morgan fingerprint density at radius 1 is 1.11 bits per heavy atom. The number of hydrogen-bond acceptors (Lipinski definition) is 8. The highest BCUT2D eigenvalue weighted by Gasteiger charge is 2.59. The van der Waals surface area contributed by atoms with Crippen molar-refractivity contribution in [1.82, 2.24) is 0 Å². The maximum atomic E-state index is 12.5. The third-order valence-corrected chi connectivity index (χ3v) is 4.90. The van der Waals surface area contributed by atoms with E-state index in [1.807, 2.05) is 12.1 Å². The lowest BCUT2D eigenvalue weighted by molar-refractivity contribution is -0.140. The summed E-state index contributed by atoms with van der Waals surface area (Å²) in [5.41, 5.74) is -2.36. The number of carbonyl (C=O) groups is 2. The van der Waals surface area contributed by atoms with Crippen LogP contribution < -0.4 is 0 Å². The van der Waals surface area contributed by atoms with Gasteiger partial charge in [0.15, 0.2) is 0 Å². The zero-order valence-corrected chi connectivity index (χ0v) is 15.8. The van der Waals surface area contributed by atoms with Gasteiger partial charge >= 0.3 is 11.9 Å². The minimum absolute atomic E-state index is 0.0508. The van der Waals surface area contributed by atoms with Crippen molar-refractivity contribution in [2.24, 2.45) is 10.4 Å². The molecule has 1 saturated carbocycles. The summed E-state index contributed by atoms with van der Waals surface area (Å²) in [7, 11) is 2.32. The summed E-state index contributed by atoms with van der Waals surface area (Å²) in [6.45, 7) is 1.80. The van der Waals surface area contributed by atoms with E-state index in [9.17, 15) is 20.1 Å². The van der Waals surface area contributed by atoms with Gasteiger partial charge in [-0.05, 0) is 19.8 Å². The summed E-state index contributed by atoms with van der Waals surface area (Å²) >= 11 is 0. The van der Waals surface area contributed by atoms with Crippen molar-refractivity contribution in [2.45, 2.75) is 51.2 Å². The van der Waals surface area contributed by atoms with Gasteiger partial charge in [-0.1, -0.05) is 19.3 Å². The number of nitrogens with zero attached hydrogens (tertiary/aromatic N) is 3. The van der Waals surface area contributed by atoms with Gasteiger partial charge in [0, 0.05) is 6.61 Å². The maximum absolute atomic E-state index is 12.5. The van der Waals surface area contributed by atoms with Crippen molar-refractivity contribution >= 4 is 17.7 Å². The predicted octanol–water partition coefficient (Wildman–Crippen LogP) is 1.85. The molecule has 0 aliphatic heterocycles. The van der Waals surface area contributed by atoms with Crippen LogP contribution in [-0.4, -0.2) is 50.6 Å². The molecule has 144 valence electrons. The predicted molar refractivity (Wildman–Crippen MR) is 94.4 cm³/mol. The summed E-state index contributed by atoms with van der Waals surface area (Å²) < 4.78 is 15.2. The molecule has 0 aromatic rings. The van der Waals surface area contributed by atoms with Crippen LogP contribution in [0.15, 0.2) is 16.1 Å². The van der Waals surface area contributed by atoms with Crippen LogP contribution in [0, 0.1) is 28.1 Å². The number of hydrogen-bond donors (Lipinski definition) is 0. The first-order chi connectivity index (χ1) is 13.0. The number of carbonyl (C=O) groups excluding carboxylic acids is 2. The van der Waals surface area contributed by atoms with E-state index in [1.165, 1.54) is 0 Å². The van der Waals surface area contributed by atoms with Gasteiger partial charge in [-0.25, -0.2) is 9.59 Å². The van der Waals surface area contributed by atoms with Gasteiger partial charge < -0.3 is 14.2 Å². The molecule has 0 N–H and O–H groups in total. The highest BCUT2D eigenvalue weighted by Crippen LogP contribution is 2.43. The first kappa shape index (κ1) is 20.6. The quantitative estimate of drug-likeness (QED) is 0.674. The zero-order chi connectivity index (χ0) is 20.0. The van der Waals surface area contributed by atoms with Gasteiger partial charge in [-0.3, -0.25) is 4.99 Å². The van der Waals surface area contributed by atoms with Crippen molar-refractivity contribution in [2.75, 3.05) is 20.8 Å². The van der Waals surface area contributed by atoms with Crippen molar-refractivity contribution < 1.29 is 23.8 Å². The van der Waals surface area contributed by atoms with E-state index in [0.717, 1.165) is 46.3 Å². The largest absolute Gasteiger partial charge is 0.466 e. The van der Waals surface area contributed by atoms with Crippen molar-refractivity contribution in [3.63, 3.8) is 0 Å². The molecule has 0 amide bonds. The van der Waals surface area contributed by atoms with Crippen LogP contribution in [0.2, 0.25) is 0 Å². The molecule has 1 unspecified atom stereocenters. The number of esters is 2. The molecule has 0 aromatic carbocycles. The van der Waals surface area contributed by atoms with Crippen LogP contribution in [0.1, 0.15) is 39.0 Å². The Morgan fingerprint density at radius 2 is 1.70 bits per heavy atom. The molecule has 2 aliphatic carbocycles. The molecule has 2 aliphatic rings. The minimum atomic E-state index is -1.92. The van der Waals surface area contributed by atoms with Crippen LogP contribution in [0.5, 0.6) is 0 Å². The summed E-state index contributed by atoms with van der Waals surface area (Å²) in [5.74, 6) is -1.69. The second-order valence-electron chi connectivity index (χ2n) is 6.41. The van der Waals surface area contributed by atoms with Crippen molar-refractivity contribution in [3.05, 3.63) is 11.1 Å². The highest BCUT2D eigenvalue weighted by molar-refractivity contribution is 6.30. The van der Waals surface area contributed by atoms with Crippen LogP contribution >= 0.6 is 0 Å². The van der Waals surface area contributed by atoms with Gasteiger partial charge in [0.1, 0.15) is 6.10 Å². The molecule has 8 heteroatoms. The third-order valence-electron chi connectivity index (χ3n) is 4.90. The average molecular weight is 373 g/mol. The summed E-state index contributed by atoms with van der Waals surface area (Å²) in [4.78, 5) is 29.6. The molecule has 0 radical (unpaired) electrons. The summed E-state index contributed by atoms with van der Waals surface area (Å²) in [6, 6.07) is 3.76. The fourth-order valence-electron chi connectivity index (χ4n) is 3.61. The van der Waals surface area contributed by atoms with E-state index >= 15 is 0 Å². The molecule has 1 atom stereocenters. The Labute approximate surface area is 158 Å². The Morgan fingerprint density at radius 3 is 2.19 bits per heavy atom. The lowest BCUT2D eigenvalue weighted by Crippen LogP contribution is -2.40. The zero-order valence-electron chi connectivity index (χ0n) is 15.8. The van der Waals surface area contributed by atoms with E-state index in [2.05, 4.69) is 4.99 Å². The molecule has 0 aromatic heterocycles. The highest BCUT2D eigenvalue weighted by atomic mass is 16.5. The topological polar surface area (TPSA) is 122 Å². The molecule has 0 bridgehead atoms. The molecule has 8 nitrogen and oxygen atoms in total. The van der Waals surface area contributed by atoms with Gasteiger partial charge in [0.25, 0.3) is 0 Å². The fourth-order valence-corrected chi connectivity index (χ4v) is 3.61. The van der Waals surface area contributed by atoms with Crippen molar-refractivity contribution in [1.29, 1.82) is 10.5 Å². The number of methoxy groups -OCH3 is 2. The molecular weight excluding hydrogens is 350 g/mol. The van der Waals surface area contributed by atoms with Crippen LogP contribution in [0.4, 0.5) is 0 Å². The molecule has 0 saturated heterocycles. The van der Waals surface area contributed by atoms with E-state index < -0.39 is 23.5 Å². The molecule has 0 spiro atoms. The molecule has 1 fully saturated rings. The minimum Gasteiger partial charge on any atom is -0.466 e. The maximum Gasteiger partial charge on any atom is 0.340 e. The standard InChI is InChI=1S/C19H23N3O5/c1-4-27-16-14(18(24)26-3)13(17(23)25-2)15(19(16,10-20)11-21)22-12-8-6-5-7-9-12/h12,16H,4-9H2,1-3H3. The first-order valence-electron chi connectivity index (χ1n) is 8.94. The van der Waals surface area contributed by atoms with Gasteiger partial charge in [-0.2, -0.15) is 10.5 Å². The third kappa shape index (κ3) is 3.58. The van der Waals surface area contributed by atoms with Crippen molar-refractivity contribution in [3.8, 4) is 12.1 Å². The Bertz CT molecular complexity index is 736. The molecule has 27 heavy (non-hydrogen) atoms. The lowest BCUT2D eigenvalue weighted by Gasteiger charge is -2.25. The van der Waals surface area contributed by atoms with Crippen LogP contribution in [-0.2, 0) is 23.8 Å². The van der Waals surface area contributed by atoms with E-state index in [1.54, 1.807) is 6.92 Å². The average Bonchev–Trinajstić information content (AvgIpc) is 2.97. The van der Waals surface area contributed by atoms with E-state index in [-0.39, 0.29) is 29.5 Å². The monoisotopic (exact) mass is 373 g/mol. The van der Waals surface area contributed by atoms with Crippen LogP contribution in [0.25, 0.3) is 0 Å². The number of nitriles is 2. The van der Waals surface area contributed by atoms with Gasteiger partial charge in [0.2, 0.25) is 5.41 Å².